The highest BCUT2D eigenvalue weighted by molar-refractivity contribution is 7.90. The minimum Gasteiger partial charge on any atom is -0.480 e. The minimum absolute atomic E-state index is 0.0187. The van der Waals surface area contributed by atoms with Crippen molar-refractivity contribution >= 4 is 9.84 Å². The fraction of sp³-hybridized carbons (Fsp3) is 0.429. The highest BCUT2D eigenvalue weighted by Crippen LogP contribution is 2.44. The summed E-state index contributed by atoms with van der Waals surface area (Å²) in [7, 11) is -1.93. The van der Waals surface area contributed by atoms with Crippen molar-refractivity contribution < 1.29 is 13.2 Å². The summed E-state index contributed by atoms with van der Waals surface area (Å²) >= 11 is 0. The van der Waals surface area contributed by atoms with Crippen LogP contribution in [0.2, 0.25) is 0 Å². The molecular weight excluding hydrogens is 304 g/mol. The zero-order chi connectivity index (χ0) is 15.9. The third kappa shape index (κ3) is 2.66. The first-order valence-corrected chi connectivity index (χ1v) is 8.74. The Morgan fingerprint density at radius 2 is 1.95 bits per heavy atom. The van der Waals surface area contributed by atoms with Crippen LogP contribution in [0.4, 0.5) is 0 Å². The maximum absolute atomic E-state index is 11.9. The van der Waals surface area contributed by atoms with E-state index in [2.05, 4.69) is 19.9 Å². The second-order valence-electron chi connectivity index (χ2n) is 5.37. The summed E-state index contributed by atoms with van der Waals surface area (Å²) in [5, 5.41) is 0.0187. The second-order valence-corrected chi connectivity index (χ2v) is 7.30. The Bertz CT molecular complexity index is 832. The Hall–Kier alpha value is -2.09. The molecule has 0 spiro atoms. The largest absolute Gasteiger partial charge is 0.480 e. The van der Waals surface area contributed by atoms with Crippen LogP contribution >= 0.6 is 0 Å². The van der Waals surface area contributed by atoms with Crippen LogP contribution in [0.5, 0.6) is 5.88 Å². The molecule has 1 aliphatic rings. The predicted molar refractivity (Wildman–Crippen MR) is 79.4 cm³/mol. The summed E-state index contributed by atoms with van der Waals surface area (Å²) in [6.07, 6.45) is 6.16. The molecular formula is C14H16N4O3S. The lowest BCUT2D eigenvalue weighted by molar-refractivity contribution is 0.397. The number of methoxy groups -OCH3 is 1. The van der Waals surface area contributed by atoms with Gasteiger partial charge in [-0.15, -0.1) is 0 Å². The first-order chi connectivity index (χ1) is 10.4. The maximum Gasteiger partial charge on any atom is 0.227 e. The lowest BCUT2D eigenvalue weighted by atomic mass is 10.1. The molecule has 1 fully saturated rings. The highest BCUT2D eigenvalue weighted by atomic mass is 32.2. The molecule has 2 aromatic heterocycles. The van der Waals surface area contributed by atoms with E-state index in [-0.39, 0.29) is 10.9 Å². The summed E-state index contributed by atoms with van der Waals surface area (Å²) < 4.78 is 29.0. The number of aromatic nitrogens is 4. The van der Waals surface area contributed by atoms with Gasteiger partial charge < -0.3 is 4.74 Å². The first-order valence-electron chi connectivity index (χ1n) is 6.84. The van der Waals surface area contributed by atoms with Crippen LogP contribution in [-0.2, 0) is 9.84 Å². The van der Waals surface area contributed by atoms with Crippen LogP contribution in [0.15, 0.2) is 17.6 Å². The molecule has 116 valence electrons. The molecule has 0 aliphatic heterocycles. The van der Waals surface area contributed by atoms with Gasteiger partial charge in [0, 0.05) is 23.9 Å². The molecule has 0 amide bonds. The Kier molecular flexibility index (Phi) is 3.56. The Morgan fingerprint density at radius 1 is 1.23 bits per heavy atom. The first kappa shape index (κ1) is 14.8. The third-order valence-electron chi connectivity index (χ3n) is 3.50. The van der Waals surface area contributed by atoms with Gasteiger partial charge in [-0.05, 0) is 19.8 Å². The van der Waals surface area contributed by atoms with Gasteiger partial charge in [0.05, 0.1) is 12.8 Å². The maximum atomic E-state index is 11.9. The molecule has 7 nitrogen and oxygen atoms in total. The van der Waals surface area contributed by atoms with Crippen molar-refractivity contribution in [3.63, 3.8) is 0 Å². The molecule has 2 heterocycles. The van der Waals surface area contributed by atoms with Crippen molar-refractivity contribution in [1.29, 1.82) is 0 Å². The van der Waals surface area contributed by atoms with E-state index in [0.717, 1.165) is 24.8 Å². The van der Waals surface area contributed by atoms with E-state index in [0.29, 0.717) is 22.9 Å². The summed E-state index contributed by atoms with van der Waals surface area (Å²) in [5.74, 6) is 0.976. The number of hydrogen-bond acceptors (Lipinski definition) is 7. The molecule has 3 rings (SSSR count). The van der Waals surface area contributed by atoms with Gasteiger partial charge in [-0.25, -0.2) is 28.4 Å². The summed E-state index contributed by atoms with van der Waals surface area (Å²) in [6.45, 7) is 1.67. The SMILES string of the molecule is COc1ncnc(C2CC2)c1-c1ncc(C)c(S(C)(=O)=O)n1. The van der Waals surface area contributed by atoms with Gasteiger partial charge in [0.25, 0.3) is 0 Å². The smallest absolute Gasteiger partial charge is 0.227 e. The Balaban J connectivity index is 2.24. The fourth-order valence-electron chi connectivity index (χ4n) is 2.34. The number of ether oxygens (including phenoxy) is 1. The van der Waals surface area contributed by atoms with Crippen molar-refractivity contribution in [3.8, 4) is 17.3 Å². The van der Waals surface area contributed by atoms with Gasteiger partial charge in [-0.1, -0.05) is 0 Å². The molecule has 0 saturated heterocycles. The Morgan fingerprint density at radius 3 is 2.55 bits per heavy atom. The van der Waals surface area contributed by atoms with Gasteiger partial charge in [0.2, 0.25) is 5.88 Å². The zero-order valence-electron chi connectivity index (χ0n) is 12.6. The molecule has 22 heavy (non-hydrogen) atoms. The predicted octanol–water partition coefficient (Wildman–Crippen LogP) is 1.53. The van der Waals surface area contributed by atoms with E-state index in [1.54, 1.807) is 6.92 Å². The molecule has 0 radical (unpaired) electrons. The number of nitrogens with zero attached hydrogens (tertiary/aromatic N) is 4. The van der Waals surface area contributed by atoms with E-state index in [1.165, 1.54) is 19.6 Å². The van der Waals surface area contributed by atoms with E-state index in [1.807, 2.05) is 0 Å². The topological polar surface area (TPSA) is 94.9 Å². The average Bonchev–Trinajstić information content (AvgIpc) is 3.30. The summed E-state index contributed by atoms with van der Waals surface area (Å²) in [5.41, 5.74) is 1.91. The number of aryl methyl sites for hydroxylation is 1. The van der Waals surface area contributed by atoms with Crippen LogP contribution in [0.1, 0.15) is 30.0 Å². The van der Waals surface area contributed by atoms with Crippen LogP contribution in [-0.4, -0.2) is 41.7 Å². The number of sulfone groups is 1. The van der Waals surface area contributed by atoms with Gasteiger partial charge in [0.1, 0.15) is 11.9 Å². The quantitative estimate of drug-likeness (QED) is 0.788. The molecule has 0 N–H and O–H groups in total. The van der Waals surface area contributed by atoms with Crippen LogP contribution < -0.4 is 4.74 Å². The van der Waals surface area contributed by atoms with E-state index in [4.69, 9.17) is 4.74 Å². The van der Waals surface area contributed by atoms with Crippen LogP contribution in [0, 0.1) is 6.92 Å². The van der Waals surface area contributed by atoms with Crippen molar-refractivity contribution in [1.82, 2.24) is 19.9 Å². The van der Waals surface area contributed by atoms with Gasteiger partial charge in [0.15, 0.2) is 20.7 Å². The summed E-state index contributed by atoms with van der Waals surface area (Å²) in [4.78, 5) is 16.9. The van der Waals surface area contributed by atoms with Gasteiger partial charge in [-0.2, -0.15) is 0 Å². The fourth-order valence-corrected chi connectivity index (χ4v) is 3.23. The van der Waals surface area contributed by atoms with Crippen molar-refractivity contribution in [2.75, 3.05) is 13.4 Å². The number of rotatable bonds is 4. The van der Waals surface area contributed by atoms with Gasteiger partial charge >= 0.3 is 0 Å². The monoisotopic (exact) mass is 320 g/mol. The third-order valence-corrected chi connectivity index (χ3v) is 4.62. The molecule has 0 bridgehead atoms. The van der Waals surface area contributed by atoms with E-state index >= 15 is 0 Å². The van der Waals surface area contributed by atoms with Crippen molar-refractivity contribution in [2.24, 2.45) is 0 Å². The number of hydrogen-bond donors (Lipinski definition) is 0. The average molecular weight is 320 g/mol. The lowest BCUT2D eigenvalue weighted by Gasteiger charge is -2.11. The zero-order valence-corrected chi connectivity index (χ0v) is 13.4. The molecule has 2 aromatic rings. The van der Waals surface area contributed by atoms with E-state index in [9.17, 15) is 8.42 Å². The molecule has 8 heteroatoms. The molecule has 1 saturated carbocycles. The van der Waals surface area contributed by atoms with Crippen LogP contribution in [0.25, 0.3) is 11.4 Å². The second kappa shape index (κ2) is 5.28. The van der Waals surface area contributed by atoms with Crippen molar-refractivity contribution in [2.45, 2.75) is 30.7 Å². The lowest BCUT2D eigenvalue weighted by Crippen LogP contribution is -2.08. The molecule has 1 aliphatic carbocycles. The molecule has 0 atom stereocenters. The minimum atomic E-state index is -3.43. The van der Waals surface area contributed by atoms with Crippen LogP contribution in [0.3, 0.4) is 0 Å². The van der Waals surface area contributed by atoms with Crippen molar-refractivity contribution in [3.05, 3.63) is 23.8 Å². The van der Waals surface area contributed by atoms with Gasteiger partial charge in [-0.3, -0.25) is 0 Å². The summed E-state index contributed by atoms with van der Waals surface area (Å²) in [6, 6.07) is 0. The molecule has 0 unspecified atom stereocenters. The normalized spacial score (nSPS) is 14.9. The van der Waals surface area contributed by atoms with E-state index < -0.39 is 9.84 Å². The molecule has 0 aromatic carbocycles. The highest BCUT2D eigenvalue weighted by Gasteiger charge is 2.31. The Labute approximate surface area is 128 Å². The standard InChI is InChI=1S/C14H16N4O3S/c1-8-6-15-12(18-14(8)22(3,19)20)10-11(9-4-5-9)16-7-17-13(10)21-2/h6-7,9H,4-5H2,1-3H3.